The molecular formula is C18H31Br. The summed E-state index contributed by atoms with van der Waals surface area (Å²) in [4.78, 5) is 0. The fraction of sp³-hybridized carbons (Fsp3) is 0.667. The molecule has 0 fully saturated rings. The van der Waals surface area contributed by atoms with E-state index in [4.69, 9.17) is 0 Å². The van der Waals surface area contributed by atoms with Crippen LogP contribution in [0.1, 0.15) is 71.1 Å². The Balaban J connectivity index is 3.22. The van der Waals surface area contributed by atoms with Crippen LogP contribution in [0.25, 0.3) is 0 Å². The molecule has 0 heterocycles. The van der Waals surface area contributed by atoms with Gasteiger partial charge in [-0.2, -0.15) is 0 Å². The van der Waals surface area contributed by atoms with Gasteiger partial charge in [-0.15, -0.1) is 0 Å². The first-order valence-corrected chi connectivity index (χ1v) is 9.05. The predicted octanol–water partition coefficient (Wildman–Crippen LogP) is 6.97. The second kappa shape index (κ2) is 17.7. The van der Waals surface area contributed by atoms with E-state index in [-0.39, 0.29) is 0 Å². The Morgan fingerprint density at radius 2 is 1.16 bits per heavy atom. The van der Waals surface area contributed by atoms with Crippen molar-refractivity contribution in [3.63, 3.8) is 0 Å². The molecule has 0 aliphatic rings. The van der Waals surface area contributed by atoms with Crippen LogP contribution in [-0.2, 0) is 0 Å². The Labute approximate surface area is 129 Å². The highest BCUT2D eigenvalue weighted by Crippen LogP contribution is 2.07. The molecule has 0 aromatic heterocycles. The average molecular weight is 327 g/mol. The Kier molecular flexibility index (Phi) is 17.4. The van der Waals surface area contributed by atoms with Crippen molar-refractivity contribution in [2.75, 3.05) is 5.33 Å². The van der Waals surface area contributed by atoms with Crippen molar-refractivity contribution in [3.05, 3.63) is 36.5 Å². The Morgan fingerprint density at radius 1 is 0.632 bits per heavy atom. The minimum atomic E-state index is 1.06. The third-order valence-electron chi connectivity index (χ3n) is 3.04. The van der Waals surface area contributed by atoms with Gasteiger partial charge in [0.05, 0.1) is 0 Å². The molecule has 0 radical (unpaired) electrons. The number of unbranched alkanes of at least 4 members (excludes halogenated alkanes) is 6. The molecule has 0 amide bonds. The third kappa shape index (κ3) is 17.7. The van der Waals surface area contributed by atoms with E-state index in [1.165, 1.54) is 44.9 Å². The zero-order chi connectivity index (χ0) is 14.0. The van der Waals surface area contributed by atoms with Gasteiger partial charge in [-0.25, -0.2) is 0 Å². The van der Waals surface area contributed by atoms with Crippen molar-refractivity contribution in [3.8, 4) is 0 Å². The largest absolute Gasteiger partial charge is 0.0925 e. The summed E-state index contributed by atoms with van der Waals surface area (Å²) in [7, 11) is 0. The van der Waals surface area contributed by atoms with Gasteiger partial charge in [0.2, 0.25) is 0 Å². The van der Waals surface area contributed by atoms with Crippen molar-refractivity contribution in [2.24, 2.45) is 0 Å². The topological polar surface area (TPSA) is 0 Å². The van der Waals surface area contributed by atoms with E-state index >= 15 is 0 Å². The lowest BCUT2D eigenvalue weighted by molar-refractivity contribution is 0.611. The number of hydrogen-bond donors (Lipinski definition) is 0. The Morgan fingerprint density at radius 3 is 1.79 bits per heavy atom. The van der Waals surface area contributed by atoms with Crippen molar-refractivity contribution in [1.82, 2.24) is 0 Å². The van der Waals surface area contributed by atoms with Gasteiger partial charge in [-0.05, 0) is 32.1 Å². The van der Waals surface area contributed by atoms with Crippen LogP contribution in [0, 0.1) is 0 Å². The van der Waals surface area contributed by atoms with Gasteiger partial charge >= 0.3 is 0 Å². The second-order valence-electron chi connectivity index (χ2n) is 4.92. The molecule has 1 heteroatoms. The molecule has 0 atom stereocenters. The molecule has 0 rings (SSSR count). The number of allylic oxidation sites excluding steroid dienone is 6. The molecule has 0 nitrogen and oxygen atoms in total. The fourth-order valence-electron chi connectivity index (χ4n) is 1.88. The molecule has 0 aliphatic heterocycles. The van der Waals surface area contributed by atoms with Gasteiger partial charge in [0.15, 0.2) is 0 Å². The molecule has 0 saturated heterocycles. The number of alkyl halides is 1. The zero-order valence-electron chi connectivity index (χ0n) is 12.6. The number of rotatable bonds is 13. The molecular weight excluding hydrogens is 296 g/mol. The highest BCUT2D eigenvalue weighted by Gasteiger charge is 1.87. The summed E-state index contributed by atoms with van der Waals surface area (Å²) < 4.78 is 0. The maximum absolute atomic E-state index is 3.41. The Hall–Kier alpha value is -0.300. The number of hydrogen-bond acceptors (Lipinski definition) is 0. The van der Waals surface area contributed by atoms with E-state index in [9.17, 15) is 0 Å². The van der Waals surface area contributed by atoms with Crippen molar-refractivity contribution >= 4 is 15.9 Å². The fourth-order valence-corrected chi connectivity index (χ4v) is 2.15. The predicted molar refractivity (Wildman–Crippen MR) is 93.1 cm³/mol. The maximum atomic E-state index is 3.41. The van der Waals surface area contributed by atoms with Gasteiger partial charge in [-0.3, -0.25) is 0 Å². The van der Waals surface area contributed by atoms with Crippen molar-refractivity contribution in [1.29, 1.82) is 0 Å². The molecule has 0 aromatic rings. The molecule has 0 N–H and O–H groups in total. The standard InChI is InChI=1S/C18H31Br/c1-2-3-4-5-6-7-8-9-10-11-12-13-14-15-16-17-18-19/h9-10,12-13,15-16H,2-8,11,14,17-18H2,1H3/b10-9-,13-12-,16-15-. The normalized spacial score (nSPS) is 12.3. The van der Waals surface area contributed by atoms with Gasteiger partial charge in [0.25, 0.3) is 0 Å². The summed E-state index contributed by atoms with van der Waals surface area (Å²) in [6.07, 6.45) is 26.5. The van der Waals surface area contributed by atoms with Crippen LogP contribution in [0.5, 0.6) is 0 Å². The molecule has 19 heavy (non-hydrogen) atoms. The summed E-state index contributed by atoms with van der Waals surface area (Å²) >= 11 is 3.41. The van der Waals surface area contributed by atoms with E-state index < -0.39 is 0 Å². The van der Waals surface area contributed by atoms with Crippen LogP contribution in [-0.4, -0.2) is 5.33 Å². The molecule has 0 bridgehead atoms. The van der Waals surface area contributed by atoms with Gasteiger partial charge in [0, 0.05) is 5.33 Å². The smallest absolute Gasteiger partial charge is 0.00659 e. The second-order valence-corrected chi connectivity index (χ2v) is 5.71. The highest BCUT2D eigenvalue weighted by atomic mass is 79.9. The highest BCUT2D eigenvalue weighted by molar-refractivity contribution is 9.09. The summed E-state index contributed by atoms with van der Waals surface area (Å²) in [5.74, 6) is 0. The summed E-state index contributed by atoms with van der Waals surface area (Å²) in [5.41, 5.74) is 0. The summed E-state index contributed by atoms with van der Waals surface area (Å²) in [6, 6.07) is 0. The van der Waals surface area contributed by atoms with Crippen molar-refractivity contribution < 1.29 is 0 Å². The van der Waals surface area contributed by atoms with Crippen molar-refractivity contribution in [2.45, 2.75) is 71.1 Å². The van der Waals surface area contributed by atoms with Crippen LogP contribution in [0.2, 0.25) is 0 Å². The first kappa shape index (κ1) is 18.7. The monoisotopic (exact) mass is 326 g/mol. The molecule has 0 unspecified atom stereocenters. The SMILES string of the molecule is CCCCCCCC/C=C\C/C=C\C/C=C\CCBr. The maximum Gasteiger partial charge on any atom is 0.00659 e. The lowest BCUT2D eigenvalue weighted by atomic mass is 10.1. The van der Waals surface area contributed by atoms with E-state index in [2.05, 4.69) is 59.3 Å². The van der Waals surface area contributed by atoms with Crippen LogP contribution in [0.15, 0.2) is 36.5 Å². The van der Waals surface area contributed by atoms with Crippen LogP contribution >= 0.6 is 15.9 Å². The third-order valence-corrected chi connectivity index (χ3v) is 3.50. The molecule has 110 valence electrons. The van der Waals surface area contributed by atoms with Crippen LogP contribution < -0.4 is 0 Å². The minimum absolute atomic E-state index is 1.06. The van der Waals surface area contributed by atoms with E-state index in [1.54, 1.807) is 0 Å². The van der Waals surface area contributed by atoms with E-state index in [1.807, 2.05) is 0 Å². The molecule has 0 spiro atoms. The van der Waals surface area contributed by atoms with E-state index in [0.717, 1.165) is 24.6 Å². The first-order chi connectivity index (χ1) is 9.41. The van der Waals surface area contributed by atoms with Gasteiger partial charge in [-0.1, -0.05) is 91.4 Å². The van der Waals surface area contributed by atoms with Gasteiger partial charge < -0.3 is 0 Å². The number of halogens is 1. The summed E-state index contributed by atoms with van der Waals surface area (Å²) in [6.45, 7) is 2.27. The van der Waals surface area contributed by atoms with Crippen LogP contribution in [0.4, 0.5) is 0 Å². The average Bonchev–Trinajstić information content (AvgIpc) is 2.43. The zero-order valence-corrected chi connectivity index (χ0v) is 14.2. The lowest BCUT2D eigenvalue weighted by Gasteiger charge is -1.97. The minimum Gasteiger partial charge on any atom is -0.0925 e. The molecule has 0 aromatic carbocycles. The summed E-state index contributed by atoms with van der Waals surface area (Å²) in [5, 5.41) is 1.06. The molecule has 0 saturated carbocycles. The lowest BCUT2D eigenvalue weighted by Crippen LogP contribution is -1.77. The van der Waals surface area contributed by atoms with Gasteiger partial charge in [0.1, 0.15) is 0 Å². The molecule has 0 aliphatic carbocycles. The Bertz CT molecular complexity index is 238. The first-order valence-electron chi connectivity index (χ1n) is 7.92. The quantitative estimate of drug-likeness (QED) is 0.195. The van der Waals surface area contributed by atoms with E-state index in [0.29, 0.717) is 0 Å². The van der Waals surface area contributed by atoms with Crippen LogP contribution in [0.3, 0.4) is 0 Å².